The number of rotatable bonds is 6. The Balaban J connectivity index is 2.23. The number of nitrogens with zero attached hydrogens (tertiary/aromatic N) is 2. The highest BCUT2D eigenvalue weighted by atomic mass is 35.5. The van der Waals surface area contributed by atoms with E-state index < -0.39 is 11.9 Å². The van der Waals surface area contributed by atoms with Crippen LogP contribution < -0.4 is 0 Å². The number of hydrogen-bond acceptors (Lipinski definition) is 4. The van der Waals surface area contributed by atoms with Gasteiger partial charge < -0.3 is 5.11 Å². The lowest BCUT2D eigenvalue weighted by Crippen LogP contribution is -2.14. The molecule has 0 aliphatic carbocycles. The molecule has 1 heterocycles. The van der Waals surface area contributed by atoms with Crippen LogP contribution in [0.15, 0.2) is 24.3 Å². The summed E-state index contributed by atoms with van der Waals surface area (Å²) in [6.45, 7) is 2.04. The van der Waals surface area contributed by atoms with Crippen molar-refractivity contribution in [1.29, 1.82) is 0 Å². The molecule has 20 heavy (non-hydrogen) atoms. The number of benzene rings is 1. The largest absolute Gasteiger partial charge is 0.481 e. The second-order valence-electron chi connectivity index (χ2n) is 4.49. The molecular formula is C14H15ClN2O2S. The Labute approximate surface area is 126 Å². The molecule has 0 bridgehead atoms. The summed E-state index contributed by atoms with van der Waals surface area (Å²) in [7, 11) is 0. The number of aryl methyl sites for hydroxylation is 1. The van der Waals surface area contributed by atoms with Crippen molar-refractivity contribution in [3.63, 3.8) is 0 Å². The van der Waals surface area contributed by atoms with Gasteiger partial charge in [0.15, 0.2) is 0 Å². The van der Waals surface area contributed by atoms with Gasteiger partial charge in [0.2, 0.25) is 0 Å². The summed E-state index contributed by atoms with van der Waals surface area (Å²) >= 11 is 7.26. The molecule has 2 rings (SSSR count). The van der Waals surface area contributed by atoms with E-state index in [1.54, 1.807) is 6.07 Å². The zero-order valence-corrected chi connectivity index (χ0v) is 12.6. The van der Waals surface area contributed by atoms with Crippen LogP contribution in [0.25, 0.3) is 0 Å². The first-order valence-electron chi connectivity index (χ1n) is 6.40. The predicted molar refractivity (Wildman–Crippen MR) is 79.4 cm³/mol. The fraction of sp³-hybridized carbons (Fsp3) is 0.357. The van der Waals surface area contributed by atoms with Gasteiger partial charge in [0, 0.05) is 11.4 Å². The van der Waals surface area contributed by atoms with Gasteiger partial charge in [-0.3, -0.25) is 4.79 Å². The van der Waals surface area contributed by atoms with Gasteiger partial charge in [-0.15, -0.1) is 0 Å². The van der Waals surface area contributed by atoms with E-state index in [4.69, 9.17) is 11.6 Å². The molecule has 0 fully saturated rings. The van der Waals surface area contributed by atoms with Gasteiger partial charge in [-0.25, -0.2) is 4.98 Å². The van der Waals surface area contributed by atoms with E-state index in [9.17, 15) is 9.90 Å². The van der Waals surface area contributed by atoms with E-state index in [1.807, 2.05) is 25.1 Å². The Kier molecular flexibility index (Phi) is 5.09. The summed E-state index contributed by atoms with van der Waals surface area (Å²) in [6.07, 6.45) is 2.04. The molecule has 4 nitrogen and oxygen atoms in total. The van der Waals surface area contributed by atoms with Crippen molar-refractivity contribution in [2.45, 2.75) is 32.1 Å². The third-order valence-electron chi connectivity index (χ3n) is 2.94. The van der Waals surface area contributed by atoms with Crippen LogP contribution in [0.1, 0.15) is 35.7 Å². The van der Waals surface area contributed by atoms with Crippen molar-refractivity contribution < 1.29 is 9.90 Å². The van der Waals surface area contributed by atoms with Crippen LogP contribution >= 0.6 is 23.1 Å². The molecule has 1 aromatic carbocycles. The lowest BCUT2D eigenvalue weighted by molar-refractivity contribution is -0.138. The van der Waals surface area contributed by atoms with E-state index >= 15 is 0 Å². The summed E-state index contributed by atoms with van der Waals surface area (Å²) in [4.78, 5) is 15.8. The molecule has 0 spiro atoms. The van der Waals surface area contributed by atoms with Gasteiger partial charge in [0.1, 0.15) is 16.7 Å². The van der Waals surface area contributed by atoms with Crippen LogP contribution in [-0.2, 0) is 17.6 Å². The fourth-order valence-electron chi connectivity index (χ4n) is 1.90. The van der Waals surface area contributed by atoms with Gasteiger partial charge in [-0.1, -0.05) is 36.7 Å². The number of carboxylic acids is 1. The van der Waals surface area contributed by atoms with Crippen LogP contribution in [-0.4, -0.2) is 20.4 Å². The molecule has 2 aromatic rings. The Morgan fingerprint density at radius 2 is 2.20 bits per heavy atom. The standard InChI is InChI=1S/C14H15ClN2O2S/c1-2-5-12-16-13(20-17-12)10(14(18)19)8-9-6-3-4-7-11(9)15/h3-4,6-7,10H,2,5,8H2,1H3,(H,18,19). The molecule has 1 N–H and O–H groups in total. The van der Waals surface area contributed by atoms with E-state index in [1.165, 1.54) is 11.5 Å². The first kappa shape index (κ1) is 14.9. The zero-order valence-electron chi connectivity index (χ0n) is 11.0. The second kappa shape index (κ2) is 6.81. The van der Waals surface area contributed by atoms with Crippen molar-refractivity contribution in [2.75, 3.05) is 0 Å². The summed E-state index contributed by atoms with van der Waals surface area (Å²) in [5, 5.41) is 10.5. The molecule has 0 radical (unpaired) electrons. The summed E-state index contributed by atoms with van der Waals surface area (Å²) in [5.41, 5.74) is 0.814. The highest BCUT2D eigenvalue weighted by molar-refractivity contribution is 7.05. The van der Waals surface area contributed by atoms with Crippen molar-refractivity contribution in [2.24, 2.45) is 0 Å². The monoisotopic (exact) mass is 310 g/mol. The molecule has 6 heteroatoms. The maximum absolute atomic E-state index is 11.5. The van der Waals surface area contributed by atoms with Crippen molar-refractivity contribution >= 4 is 29.1 Å². The maximum atomic E-state index is 11.5. The minimum absolute atomic E-state index is 0.329. The van der Waals surface area contributed by atoms with Crippen LogP contribution in [0.2, 0.25) is 5.02 Å². The van der Waals surface area contributed by atoms with Gasteiger partial charge >= 0.3 is 5.97 Å². The lowest BCUT2D eigenvalue weighted by atomic mass is 10.00. The number of hydrogen-bond donors (Lipinski definition) is 1. The number of carbonyl (C=O) groups is 1. The summed E-state index contributed by atoms with van der Waals surface area (Å²) in [6, 6.07) is 7.28. The van der Waals surface area contributed by atoms with Crippen molar-refractivity contribution in [1.82, 2.24) is 9.36 Å². The molecule has 1 unspecified atom stereocenters. The van der Waals surface area contributed by atoms with E-state index in [-0.39, 0.29) is 0 Å². The van der Waals surface area contributed by atoms with Gasteiger partial charge in [0.05, 0.1) is 0 Å². The first-order valence-corrected chi connectivity index (χ1v) is 7.55. The first-order chi connectivity index (χ1) is 9.61. The maximum Gasteiger partial charge on any atom is 0.313 e. The van der Waals surface area contributed by atoms with Gasteiger partial charge in [0.25, 0.3) is 0 Å². The third-order valence-corrected chi connectivity index (χ3v) is 4.17. The van der Waals surface area contributed by atoms with Crippen LogP contribution in [0.3, 0.4) is 0 Å². The average Bonchev–Trinajstić information content (AvgIpc) is 2.86. The molecule has 0 saturated heterocycles. The molecule has 0 aliphatic heterocycles. The van der Waals surface area contributed by atoms with Crippen molar-refractivity contribution in [3.05, 3.63) is 45.7 Å². The van der Waals surface area contributed by atoms with E-state index in [2.05, 4.69) is 9.36 Å². The molecule has 0 aliphatic rings. The molecule has 1 aromatic heterocycles. The topological polar surface area (TPSA) is 63.1 Å². The Hall–Kier alpha value is -1.46. The van der Waals surface area contributed by atoms with Gasteiger partial charge in [-0.2, -0.15) is 4.37 Å². The molecule has 0 amide bonds. The summed E-state index contributed by atoms with van der Waals surface area (Å²) < 4.78 is 4.21. The number of halogens is 1. The van der Waals surface area contributed by atoms with Gasteiger partial charge in [-0.05, 0) is 36.0 Å². The SMILES string of the molecule is CCCc1nsc(C(Cc2ccccc2Cl)C(=O)O)n1. The van der Waals surface area contributed by atoms with Crippen LogP contribution in [0.5, 0.6) is 0 Å². The minimum atomic E-state index is -0.899. The lowest BCUT2D eigenvalue weighted by Gasteiger charge is -2.10. The Morgan fingerprint density at radius 1 is 1.45 bits per heavy atom. The smallest absolute Gasteiger partial charge is 0.313 e. The van der Waals surface area contributed by atoms with E-state index in [0.29, 0.717) is 16.5 Å². The predicted octanol–water partition coefficient (Wildman–Crippen LogP) is 3.55. The van der Waals surface area contributed by atoms with Crippen molar-refractivity contribution in [3.8, 4) is 0 Å². The zero-order chi connectivity index (χ0) is 14.5. The second-order valence-corrected chi connectivity index (χ2v) is 5.68. The Bertz CT molecular complexity index is 600. The Morgan fingerprint density at radius 3 is 2.85 bits per heavy atom. The molecule has 106 valence electrons. The third kappa shape index (κ3) is 3.55. The molecular weight excluding hydrogens is 296 g/mol. The normalized spacial score (nSPS) is 12.3. The summed E-state index contributed by atoms with van der Waals surface area (Å²) in [5.74, 6) is -0.875. The van der Waals surface area contributed by atoms with Crippen LogP contribution in [0.4, 0.5) is 0 Å². The highest BCUT2D eigenvalue weighted by Crippen LogP contribution is 2.26. The minimum Gasteiger partial charge on any atom is -0.481 e. The van der Waals surface area contributed by atoms with E-state index in [0.717, 1.165) is 24.2 Å². The molecule has 0 saturated carbocycles. The number of aliphatic carboxylic acids is 1. The molecule has 1 atom stereocenters. The highest BCUT2D eigenvalue weighted by Gasteiger charge is 2.25. The number of carboxylic acid groups (broad SMARTS) is 1. The average molecular weight is 311 g/mol. The quantitative estimate of drug-likeness (QED) is 0.886. The fourth-order valence-corrected chi connectivity index (χ4v) is 2.90. The van der Waals surface area contributed by atoms with Crippen LogP contribution in [0, 0.1) is 0 Å². The number of aromatic nitrogens is 2.